The van der Waals surface area contributed by atoms with Crippen LogP contribution in [0.25, 0.3) is 0 Å². The number of hydrogen-bond acceptors (Lipinski definition) is 1. The van der Waals surface area contributed by atoms with Gasteiger partial charge in [0.2, 0.25) is 0 Å². The van der Waals surface area contributed by atoms with Gasteiger partial charge in [0.1, 0.15) is 5.03 Å². The molecule has 2 nitrogen and oxygen atoms in total. The summed E-state index contributed by atoms with van der Waals surface area (Å²) in [6, 6.07) is 0. The molecule has 0 unspecified atom stereocenters. The van der Waals surface area contributed by atoms with Crippen LogP contribution >= 0.6 is 11.6 Å². The smallest absolute Gasteiger partial charge is 0.346 e. The van der Waals surface area contributed by atoms with E-state index >= 15 is 0 Å². The van der Waals surface area contributed by atoms with Crippen molar-refractivity contribution in [1.82, 2.24) is 0 Å². The molecule has 0 saturated heterocycles. The van der Waals surface area contributed by atoms with Gasteiger partial charge in [0.05, 0.1) is 0 Å². The van der Waals surface area contributed by atoms with Crippen LogP contribution in [0.5, 0.6) is 0 Å². The Labute approximate surface area is 46.4 Å². The highest BCUT2D eigenvalue weighted by molar-refractivity contribution is 6.40. The van der Waals surface area contributed by atoms with E-state index < -0.39 is 5.97 Å². The average Bonchev–Trinajstić information content (AvgIpc) is 1.65. The Hall–Kier alpha value is -0.500. The number of rotatable bonds is 1. The fraction of sp³-hybridized carbons (Fsp3) is 0.250. The third-order valence-corrected chi connectivity index (χ3v) is 0.838. The van der Waals surface area contributed by atoms with Crippen LogP contribution in [0, 0.1) is 0 Å². The van der Waals surface area contributed by atoms with Crippen LogP contribution in [0.15, 0.2) is 11.1 Å². The Bertz CT molecular complexity index is 106. The second kappa shape index (κ2) is 2.64. The maximum Gasteiger partial charge on any atom is 0.346 e. The zero-order chi connectivity index (χ0) is 5.86. The Balaban J connectivity index is 3.82. The second-order valence-corrected chi connectivity index (χ2v) is 1.35. The lowest BCUT2D eigenvalue weighted by Gasteiger charge is -1.81. The molecule has 0 aromatic rings. The summed E-state index contributed by atoms with van der Waals surface area (Å²) in [6.45, 7) is 1.57. The van der Waals surface area contributed by atoms with Crippen LogP contribution in [0.3, 0.4) is 0 Å². The van der Waals surface area contributed by atoms with Crippen LogP contribution in [0.2, 0.25) is 0 Å². The molecule has 0 aliphatic heterocycles. The molecule has 0 bridgehead atoms. The van der Waals surface area contributed by atoms with Crippen molar-refractivity contribution in [3.05, 3.63) is 11.1 Å². The molecule has 0 rings (SSSR count). The first-order valence-electron chi connectivity index (χ1n) is 1.73. The van der Waals surface area contributed by atoms with Crippen LogP contribution in [-0.2, 0) is 4.79 Å². The molecule has 0 aromatic heterocycles. The molecule has 0 saturated carbocycles. The summed E-state index contributed by atoms with van der Waals surface area (Å²) < 4.78 is 0. The molecule has 7 heavy (non-hydrogen) atoms. The predicted molar refractivity (Wildman–Crippen MR) is 27.2 cm³/mol. The Morgan fingerprint density at radius 3 is 2.29 bits per heavy atom. The van der Waals surface area contributed by atoms with Crippen LogP contribution in [0.1, 0.15) is 6.92 Å². The van der Waals surface area contributed by atoms with Gasteiger partial charge in [-0.1, -0.05) is 17.7 Å². The number of carbonyl (C=O) groups is 1. The third-order valence-electron chi connectivity index (χ3n) is 0.458. The minimum absolute atomic E-state index is 0.139. The zero-order valence-corrected chi connectivity index (χ0v) is 4.57. The summed E-state index contributed by atoms with van der Waals surface area (Å²) in [7, 11) is 0. The van der Waals surface area contributed by atoms with Gasteiger partial charge in [0.25, 0.3) is 0 Å². The van der Waals surface area contributed by atoms with E-state index in [-0.39, 0.29) is 5.03 Å². The third kappa shape index (κ3) is 2.23. The zero-order valence-electron chi connectivity index (χ0n) is 3.81. The lowest BCUT2D eigenvalue weighted by molar-refractivity contribution is -0.131. The molecule has 1 N–H and O–H groups in total. The van der Waals surface area contributed by atoms with Gasteiger partial charge in [0, 0.05) is 0 Å². The van der Waals surface area contributed by atoms with Crippen LogP contribution in [-0.4, -0.2) is 11.1 Å². The van der Waals surface area contributed by atoms with E-state index in [9.17, 15) is 4.79 Å². The lowest BCUT2D eigenvalue weighted by Crippen LogP contribution is -1.91. The van der Waals surface area contributed by atoms with Gasteiger partial charge in [-0.25, -0.2) is 4.79 Å². The van der Waals surface area contributed by atoms with Crippen molar-refractivity contribution in [3.63, 3.8) is 0 Å². The summed E-state index contributed by atoms with van der Waals surface area (Å²) in [4.78, 5) is 9.73. The summed E-state index contributed by atoms with van der Waals surface area (Å²) in [5, 5.41) is 7.84. The number of hydrogen-bond donors (Lipinski definition) is 1. The monoisotopic (exact) mass is 120 g/mol. The van der Waals surface area contributed by atoms with Crippen molar-refractivity contribution >= 4 is 17.6 Å². The van der Waals surface area contributed by atoms with E-state index in [1.165, 1.54) is 6.08 Å². The fourth-order valence-electron chi connectivity index (χ4n) is 0.123. The van der Waals surface area contributed by atoms with Crippen molar-refractivity contribution in [2.75, 3.05) is 0 Å². The molecule has 40 valence electrons. The second-order valence-electron chi connectivity index (χ2n) is 0.942. The highest BCUT2D eigenvalue weighted by Crippen LogP contribution is 1.97. The molecule has 0 heterocycles. The molecule has 3 heteroatoms. The molecule has 0 atom stereocenters. The van der Waals surface area contributed by atoms with Crippen molar-refractivity contribution in [2.24, 2.45) is 0 Å². The number of carboxylic acid groups (broad SMARTS) is 1. The van der Waals surface area contributed by atoms with Crippen LogP contribution < -0.4 is 0 Å². The van der Waals surface area contributed by atoms with Crippen molar-refractivity contribution < 1.29 is 9.90 Å². The van der Waals surface area contributed by atoms with Crippen molar-refractivity contribution in [1.29, 1.82) is 0 Å². The van der Waals surface area contributed by atoms with Gasteiger partial charge < -0.3 is 5.11 Å². The molecule has 0 aliphatic carbocycles. The van der Waals surface area contributed by atoms with E-state index in [0.717, 1.165) is 0 Å². The quantitative estimate of drug-likeness (QED) is 0.528. The number of carboxylic acids is 1. The van der Waals surface area contributed by atoms with Crippen LogP contribution in [0.4, 0.5) is 0 Å². The highest BCUT2D eigenvalue weighted by atomic mass is 35.5. The van der Waals surface area contributed by atoms with Gasteiger partial charge in [-0.05, 0) is 6.92 Å². The normalized spacial score (nSPS) is 11.4. The van der Waals surface area contributed by atoms with E-state index in [2.05, 4.69) is 0 Å². The first-order valence-corrected chi connectivity index (χ1v) is 2.11. The standard InChI is InChI=1S/C4H5ClO2/c1-2-3(5)4(6)7/h2H,1H3,(H,6,7)/b3-2+. The largest absolute Gasteiger partial charge is 0.477 e. The number of halogens is 1. The highest BCUT2D eigenvalue weighted by Gasteiger charge is 1.96. The van der Waals surface area contributed by atoms with Crippen molar-refractivity contribution in [3.8, 4) is 0 Å². The molecule has 0 radical (unpaired) electrons. The molecular weight excluding hydrogens is 115 g/mol. The number of allylic oxidation sites excluding steroid dienone is 1. The van der Waals surface area contributed by atoms with Gasteiger partial charge in [-0.15, -0.1) is 0 Å². The van der Waals surface area contributed by atoms with E-state index in [4.69, 9.17) is 16.7 Å². The van der Waals surface area contributed by atoms with Gasteiger partial charge in [-0.2, -0.15) is 0 Å². The SMILES string of the molecule is C/C=C(/Cl)C(=O)O. The van der Waals surface area contributed by atoms with Gasteiger partial charge in [0.15, 0.2) is 0 Å². The molecule has 0 aliphatic rings. The summed E-state index contributed by atoms with van der Waals surface area (Å²) in [6.07, 6.45) is 1.32. The van der Waals surface area contributed by atoms with E-state index in [1.807, 2.05) is 0 Å². The first-order chi connectivity index (χ1) is 3.18. The van der Waals surface area contributed by atoms with E-state index in [0.29, 0.717) is 0 Å². The number of aliphatic carboxylic acids is 1. The maximum atomic E-state index is 9.73. The van der Waals surface area contributed by atoms with E-state index in [1.54, 1.807) is 6.92 Å². The average molecular weight is 121 g/mol. The van der Waals surface area contributed by atoms with Crippen molar-refractivity contribution in [2.45, 2.75) is 6.92 Å². The summed E-state index contributed by atoms with van der Waals surface area (Å²) in [5.74, 6) is -1.08. The molecule has 0 amide bonds. The lowest BCUT2D eigenvalue weighted by atomic mass is 10.5. The topological polar surface area (TPSA) is 37.3 Å². The Morgan fingerprint density at radius 1 is 1.86 bits per heavy atom. The molecular formula is C4H5ClO2. The summed E-state index contributed by atoms with van der Waals surface area (Å²) in [5.41, 5.74) is 0. The minimum Gasteiger partial charge on any atom is -0.477 e. The Morgan fingerprint density at radius 2 is 2.29 bits per heavy atom. The first kappa shape index (κ1) is 6.50. The fourth-order valence-corrected chi connectivity index (χ4v) is 0.123. The summed E-state index contributed by atoms with van der Waals surface area (Å²) >= 11 is 5.06. The molecule has 0 aromatic carbocycles. The minimum atomic E-state index is -1.08. The molecule has 0 spiro atoms. The van der Waals surface area contributed by atoms with Gasteiger partial charge in [-0.3, -0.25) is 0 Å². The maximum absolute atomic E-state index is 9.73. The van der Waals surface area contributed by atoms with Gasteiger partial charge >= 0.3 is 5.97 Å². The Kier molecular flexibility index (Phi) is 2.45. The molecule has 0 fully saturated rings. The predicted octanol–water partition coefficient (Wildman–Crippen LogP) is 1.21.